The molecule has 1 aromatic carbocycles. The van der Waals surface area contributed by atoms with Crippen molar-refractivity contribution in [2.75, 3.05) is 17.9 Å². The number of hydrogen-bond acceptors (Lipinski definition) is 6. The van der Waals surface area contributed by atoms with Crippen LogP contribution in [0.15, 0.2) is 41.4 Å². The Labute approximate surface area is 138 Å². The maximum atomic E-state index is 12.6. The summed E-state index contributed by atoms with van der Waals surface area (Å²) in [5.41, 5.74) is 1.04. The van der Waals surface area contributed by atoms with E-state index in [9.17, 15) is 8.42 Å². The lowest BCUT2D eigenvalue weighted by Gasteiger charge is -2.19. The fraction of sp³-hybridized carbons (Fsp3) is 0.200. The van der Waals surface area contributed by atoms with Gasteiger partial charge >= 0.3 is 0 Å². The molecule has 4 rings (SSSR count). The van der Waals surface area contributed by atoms with Gasteiger partial charge in [-0.2, -0.15) is 5.10 Å². The summed E-state index contributed by atoms with van der Waals surface area (Å²) in [5.74, 6) is 1.58. The fourth-order valence-corrected chi connectivity index (χ4v) is 3.52. The summed E-state index contributed by atoms with van der Waals surface area (Å²) in [7, 11) is -3.76. The highest BCUT2D eigenvalue weighted by molar-refractivity contribution is 7.92. The second-order valence-electron chi connectivity index (χ2n) is 5.29. The van der Waals surface area contributed by atoms with Crippen LogP contribution in [0.4, 0.5) is 5.69 Å². The summed E-state index contributed by atoms with van der Waals surface area (Å²) in [4.78, 5) is 4.30. The Balaban J connectivity index is 1.66. The first-order chi connectivity index (χ1) is 11.5. The maximum absolute atomic E-state index is 12.6. The second kappa shape index (κ2) is 5.38. The first kappa shape index (κ1) is 14.8. The van der Waals surface area contributed by atoms with E-state index < -0.39 is 10.0 Å². The minimum atomic E-state index is -3.76. The highest BCUT2D eigenvalue weighted by atomic mass is 32.2. The van der Waals surface area contributed by atoms with Gasteiger partial charge in [0.15, 0.2) is 17.1 Å². The average Bonchev–Trinajstić information content (AvgIpc) is 2.93. The van der Waals surface area contributed by atoms with Gasteiger partial charge in [0.25, 0.3) is 10.0 Å². The molecule has 0 saturated carbocycles. The summed E-state index contributed by atoms with van der Waals surface area (Å²) >= 11 is 0. The second-order valence-corrected chi connectivity index (χ2v) is 6.97. The minimum Gasteiger partial charge on any atom is -0.486 e. The molecule has 0 fully saturated rings. The summed E-state index contributed by atoms with van der Waals surface area (Å²) in [6.45, 7) is 2.62. The van der Waals surface area contributed by atoms with Gasteiger partial charge in [-0.1, -0.05) is 0 Å². The van der Waals surface area contributed by atoms with Crippen LogP contribution in [0.5, 0.6) is 11.5 Å². The van der Waals surface area contributed by atoms with E-state index in [1.165, 1.54) is 16.6 Å². The molecule has 0 spiro atoms. The van der Waals surface area contributed by atoms with Crippen LogP contribution in [0.3, 0.4) is 0 Å². The number of nitrogens with zero attached hydrogens (tertiary/aromatic N) is 3. The third-order valence-corrected chi connectivity index (χ3v) is 4.89. The number of aromatic nitrogens is 3. The van der Waals surface area contributed by atoms with Gasteiger partial charge in [0, 0.05) is 6.07 Å². The van der Waals surface area contributed by atoms with Gasteiger partial charge in [0.2, 0.25) is 0 Å². The van der Waals surface area contributed by atoms with E-state index in [0.717, 1.165) is 0 Å². The van der Waals surface area contributed by atoms with Gasteiger partial charge < -0.3 is 9.47 Å². The fourth-order valence-electron chi connectivity index (χ4n) is 2.46. The molecule has 8 nitrogen and oxygen atoms in total. The highest BCUT2D eigenvalue weighted by Gasteiger charge is 2.19. The van der Waals surface area contributed by atoms with E-state index in [0.29, 0.717) is 41.9 Å². The smallest absolute Gasteiger partial charge is 0.262 e. The molecule has 3 aromatic rings. The molecule has 124 valence electrons. The Kier molecular flexibility index (Phi) is 3.31. The summed E-state index contributed by atoms with van der Waals surface area (Å²) in [6, 6.07) is 7.86. The van der Waals surface area contributed by atoms with E-state index >= 15 is 0 Å². The monoisotopic (exact) mass is 346 g/mol. The molecule has 2 aromatic heterocycles. The molecule has 0 aliphatic carbocycles. The molecule has 0 bridgehead atoms. The van der Waals surface area contributed by atoms with Crippen molar-refractivity contribution in [3.8, 4) is 11.5 Å². The predicted octanol–water partition coefficient (Wildman–Crippen LogP) is 1.61. The van der Waals surface area contributed by atoms with Gasteiger partial charge in [-0.05, 0) is 31.2 Å². The zero-order valence-corrected chi connectivity index (χ0v) is 13.6. The number of benzene rings is 1. The first-order valence-electron chi connectivity index (χ1n) is 7.27. The quantitative estimate of drug-likeness (QED) is 0.774. The van der Waals surface area contributed by atoms with Gasteiger partial charge in [-0.25, -0.2) is 17.9 Å². The minimum absolute atomic E-state index is 0.0987. The number of rotatable bonds is 3. The Morgan fingerprint density at radius 1 is 1.12 bits per heavy atom. The molecule has 0 amide bonds. The molecule has 1 N–H and O–H groups in total. The molecule has 1 aliphatic heterocycles. The van der Waals surface area contributed by atoms with Crippen molar-refractivity contribution in [1.29, 1.82) is 0 Å². The zero-order chi connectivity index (χ0) is 16.7. The third kappa shape index (κ3) is 2.62. The lowest BCUT2D eigenvalue weighted by atomic mass is 10.3. The Morgan fingerprint density at radius 3 is 2.75 bits per heavy atom. The Morgan fingerprint density at radius 2 is 1.92 bits per heavy atom. The van der Waals surface area contributed by atoms with Crippen LogP contribution in [-0.4, -0.2) is 36.2 Å². The molecule has 0 saturated heterocycles. The Hall–Kier alpha value is -2.81. The van der Waals surface area contributed by atoms with Crippen molar-refractivity contribution in [1.82, 2.24) is 14.6 Å². The molecule has 1 aliphatic rings. The van der Waals surface area contributed by atoms with Gasteiger partial charge in [-0.15, -0.1) is 0 Å². The SMILES string of the molecule is Cc1nc2ccc(NS(=O)(=O)c3ccc4c(c3)OCCO4)cn2n1. The maximum Gasteiger partial charge on any atom is 0.262 e. The van der Waals surface area contributed by atoms with Gasteiger partial charge in [0.1, 0.15) is 19.0 Å². The summed E-state index contributed by atoms with van der Waals surface area (Å²) in [6.07, 6.45) is 1.57. The van der Waals surface area contributed by atoms with E-state index in [-0.39, 0.29) is 4.90 Å². The van der Waals surface area contributed by atoms with E-state index in [2.05, 4.69) is 14.8 Å². The molecule has 24 heavy (non-hydrogen) atoms. The van der Waals surface area contributed by atoms with Crippen LogP contribution in [0.25, 0.3) is 5.65 Å². The number of aryl methyl sites for hydroxylation is 1. The number of pyridine rings is 1. The van der Waals surface area contributed by atoms with E-state index in [4.69, 9.17) is 9.47 Å². The number of hydrogen-bond donors (Lipinski definition) is 1. The van der Waals surface area contributed by atoms with Crippen LogP contribution in [0.1, 0.15) is 5.82 Å². The lowest BCUT2D eigenvalue weighted by molar-refractivity contribution is 0.171. The van der Waals surface area contributed by atoms with Crippen molar-refractivity contribution in [3.63, 3.8) is 0 Å². The molecule has 0 atom stereocenters. The van der Waals surface area contributed by atoms with Crippen LogP contribution in [-0.2, 0) is 10.0 Å². The van der Waals surface area contributed by atoms with Crippen molar-refractivity contribution in [2.24, 2.45) is 0 Å². The molecule has 0 radical (unpaired) electrons. The molecule has 0 unspecified atom stereocenters. The third-order valence-electron chi connectivity index (χ3n) is 3.51. The van der Waals surface area contributed by atoms with Crippen molar-refractivity contribution < 1.29 is 17.9 Å². The standard InChI is InChI=1S/C15H14N4O4S/c1-10-16-15-5-2-11(9-19(15)17-10)18-24(20,21)12-3-4-13-14(8-12)23-7-6-22-13/h2-5,8-9,18H,6-7H2,1H3. The van der Waals surface area contributed by atoms with Crippen molar-refractivity contribution in [2.45, 2.75) is 11.8 Å². The molecular formula is C15H14N4O4S. The number of fused-ring (bicyclic) bond motifs is 2. The van der Waals surface area contributed by atoms with E-state index in [1.54, 1.807) is 31.3 Å². The summed E-state index contributed by atoms with van der Waals surface area (Å²) in [5, 5.41) is 4.17. The number of sulfonamides is 1. The zero-order valence-electron chi connectivity index (χ0n) is 12.8. The molecular weight excluding hydrogens is 332 g/mol. The largest absolute Gasteiger partial charge is 0.486 e. The van der Waals surface area contributed by atoms with Gasteiger partial charge in [-0.3, -0.25) is 4.72 Å². The first-order valence-corrected chi connectivity index (χ1v) is 8.75. The summed E-state index contributed by atoms with van der Waals surface area (Å²) < 4.78 is 40.0. The molecule has 9 heteroatoms. The van der Waals surface area contributed by atoms with Gasteiger partial charge in [0.05, 0.1) is 16.8 Å². The number of ether oxygens (including phenoxy) is 2. The average molecular weight is 346 g/mol. The highest BCUT2D eigenvalue weighted by Crippen LogP contribution is 2.32. The van der Waals surface area contributed by atoms with Crippen LogP contribution in [0, 0.1) is 6.92 Å². The van der Waals surface area contributed by atoms with Crippen LogP contribution >= 0.6 is 0 Å². The normalized spacial score (nSPS) is 13.9. The molecule has 3 heterocycles. The lowest BCUT2D eigenvalue weighted by Crippen LogP contribution is -2.17. The number of anilines is 1. The van der Waals surface area contributed by atoms with E-state index in [1.807, 2.05) is 0 Å². The topological polar surface area (TPSA) is 94.8 Å². The Bertz CT molecular complexity index is 1030. The van der Waals surface area contributed by atoms with Crippen LogP contribution < -0.4 is 14.2 Å². The predicted molar refractivity (Wildman–Crippen MR) is 86.0 cm³/mol. The van der Waals surface area contributed by atoms with Crippen LogP contribution in [0.2, 0.25) is 0 Å². The number of nitrogens with one attached hydrogen (secondary N) is 1. The van der Waals surface area contributed by atoms with Crippen molar-refractivity contribution >= 4 is 21.4 Å². The van der Waals surface area contributed by atoms with Crippen molar-refractivity contribution in [3.05, 3.63) is 42.4 Å².